The molecule has 5 heteroatoms. The van der Waals surface area contributed by atoms with Gasteiger partial charge in [0.2, 0.25) is 0 Å². The molecule has 1 unspecified atom stereocenters. The summed E-state index contributed by atoms with van der Waals surface area (Å²) >= 11 is 0. The van der Waals surface area contributed by atoms with E-state index in [0.717, 1.165) is 19.4 Å². The van der Waals surface area contributed by atoms with E-state index in [2.05, 4.69) is 19.2 Å². The Morgan fingerprint density at radius 3 is 2.95 bits per heavy atom. The van der Waals surface area contributed by atoms with E-state index in [1.54, 1.807) is 23.1 Å². The van der Waals surface area contributed by atoms with Crippen LogP contribution in [-0.4, -0.2) is 37.4 Å². The van der Waals surface area contributed by atoms with E-state index in [-0.39, 0.29) is 24.3 Å². The Kier molecular flexibility index (Phi) is 4.16. The minimum Gasteiger partial charge on any atom is -0.482 e. The third-order valence-electron chi connectivity index (χ3n) is 4.11. The molecule has 0 aliphatic carbocycles. The number of hydrogen-bond donors (Lipinski definition) is 1. The molecule has 22 heavy (non-hydrogen) atoms. The van der Waals surface area contributed by atoms with Crippen molar-refractivity contribution in [2.75, 3.05) is 24.6 Å². The molecule has 1 N–H and O–H groups in total. The third-order valence-corrected chi connectivity index (χ3v) is 4.11. The standard InChI is InChI=1S/C17H22N2O3/c1-11(2)9-19-14-8-12(17(21)13-4-3-7-18-13)5-6-15(14)22-10-16(19)20/h5-6,8,11,13,18H,3-4,7,9-10H2,1-2H3. The Balaban J connectivity index is 1.91. The maximum absolute atomic E-state index is 12.5. The summed E-state index contributed by atoms with van der Waals surface area (Å²) in [5.41, 5.74) is 1.36. The van der Waals surface area contributed by atoms with Gasteiger partial charge in [-0.3, -0.25) is 9.59 Å². The molecule has 2 aliphatic heterocycles. The minimum absolute atomic E-state index is 0.0511. The Bertz CT molecular complexity index is 592. The lowest BCUT2D eigenvalue weighted by Crippen LogP contribution is -2.41. The number of ketones is 1. The number of carbonyl (C=O) groups is 2. The van der Waals surface area contributed by atoms with E-state index in [1.807, 2.05) is 0 Å². The maximum atomic E-state index is 12.5. The molecule has 1 atom stereocenters. The van der Waals surface area contributed by atoms with Crippen molar-refractivity contribution in [1.29, 1.82) is 0 Å². The first kappa shape index (κ1) is 15.0. The molecule has 1 aromatic carbocycles. The van der Waals surface area contributed by atoms with Gasteiger partial charge in [0, 0.05) is 12.1 Å². The first-order valence-electron chi connectivity index (χ1n) is 7.91. The van der Waals surface area contributed by atoms with Crippen molar-refractivity contribution >= 4 is 17.4 Å². The topological polar surface area (TPSA) is 58.6 Å². The fraction of sp³-hybridized carbons (Fsp3) is 0.529. The summed E-state index contributed by atoms with van der Waals surface area (Å²) in [5, 5.41) is 3.23. The van der Waals surface area contributed by atoms with E-state index >= 15 is 0 Å². The normalized spacial score (nSPS) is 21.0. The Morgan fingerprint density at radius 1 is 1.45 bits per heavy atom. The summed E-state index contributed by atoms with van der Waals surface area (Å²) < 4.78 is 5.49. The summed E-state index contributed by atoms with van der Waals surface area (Å²) in [5.74, 6) is 1.08. The summed E-state index contributed by atoms with van der Waals surface area (Å²) in [4.78, 5) is 26.4. The smallest absolute Gasteiger partial charge is 0.265 e. The number of hydrogen-bond acceptors (Lipinski definition) is 4. The van der Waals surface area contributed by atoms with Gasteiger partial charge in [-0.25, -0.2) is 0 Å². The fourth-order valence-corrected chi connectivity index (χ4v) is 3.03. The van der Waals surface area contributed by atoms with Crippen LogP contribution < -0.4 is 15.0 Å². The lowest BCUT2D eigenvalue weighted by Gasteiger charge is -2.31. The summed E-state index contributed by atoms with van der Waals surface area (Å²) in [6, 6.07) is 5.30. The zero-order chi connectivity index (χ0) is 15.7. The van der Waals surface area contributed by atoms with Crippen molar-refractivity contribution < 1.29 is 14.3 Å². The van der Waals surface area contributed by atoms with Crippen LogP contribution in [0.1, 0.15) is 37.0 Å². The van der Waals surface area contributed by atoms with Gasteiger partial charge in [-0.15, -0.1) is 0 Å². The van der Waals surface area contributed by atoms with Crippen LogP contribution in [0.15, 0.2) is 18.2 Å². The zero-order valence-electron chi connectivity index (χ0n) is 13.1. The second-order valence-corrected chi connectivity index (χ2v) is 6.38. The number of amides is 1. The summed E-state index contributed by atoms with van der Waals surface area (Å²) in [7, 11) is 0. The van der Waals surface area contributed by atoms with Crippen LogP contribution in [0.3, 0.4) is 0 Å². The van der Waals surface area contributed by atoms with Crippen molar-refractivity contribution in [3.63, 3.8) is 0 Å². The number of benzene rings is 1. The average molecular weight is 302 g/mol. The molecular formula is C17H22N2O3. The van der Waals surface area contributed by atoms with Crippen LogP contribution in [0.2, 0.25) is 0 Å². The SMILES string of the molecule is CC(C)CN1C(=O)COc2ccc(C(=O)C3CCCN3)cc21. The van der Waals surface area contributed by atoms with Gasteiger partial charge in [-0.2, -0.15) is 0 Å². The van der Waals surface area contributed by atoms with Gasteiger partial charge in [-0.1, -0.05) is 13.8 Å². The highest BCUT2D eigenvalue weighted by Gasteiger charge is 2.29. The van der Waals surface area contributed by atoms with Crippen molar-refractivity contribution in [3.8, 4) is 5.75 Å². The van der Waals surface area contributed by atoms with E-state index < -0.39 is 0 Å². The fourth-order valence-electron chi connectivity index (χ4n) is 3.03. The van der Waals surface area contributed by atoms with Crippen LogP contribution in [-0.2, 0) is 4.79 Å². The Labute approximate surface area is 130 Å². The predicted molar refractivity (Wildman–Crippen MR) is 84.5 cm³/mol. The molecule has 2 heterocycles. The van der Waals surface area contributed by atoms with E-state index in [1.165, 1.54) is 0 Å². The molecule has 0 spiro atoms. The molecule has 0 radical (unpaired) electrons. The highest BCUT2D eigenvalue weighted by Crippen LogP contribution is 2.34. The maximum Gasteiger partial charge on any atom is 0.265 e. The number of anilines is 1. The van der Waals surface area contributed by atoms with Crippen LogP contribution in [0, 0.1) is 5.92 Å². The van der Waals surface area contributed by atoms with Gasteiger partial charge in [0.15, 0.2) is 12.4 Å². The molecule has 118 valence electrons. The Morgan fingerprint density at radius 2 is 2.27 bits per heavy atom. The minimum atomic E-state index is -0.100. The molecule has 1 saturated heterocycles. The third kappa shape index (κ3) is 2.86. The van der Waals surface area contributed by atoms with E-state index in [0.29, 0.717) is 29.5 Å². The highest BCUT2D eigenvalue weighted by molar-refractivity contribution is 6.04. The van der Waals surface area contributed by atoms with Gasteiger partial charge in [0.25, 0.3) is 5.91 Å². The molecule has 1 amide bonds. The molecule has 1 aromatic rings. The van der Waals surface area contributed by atoms with Gasteiger partial charge >= 0.3 is 0 Å². The number of fused-ring (bicyclic) bond motifs is 1. The Hall–Kier alpha value is -1.88. The van der Waals surface area contributed by atoms with Crippen molar-refractivity contribution in [2.24, 2.45) is 5.92 Å². The largest absolute Gasteiger partial charge is 0.482 e. The van der Waals surface area contributed by atoms with Crippen molar-refractivity contribution in [1.82, 2.24) is 5.32 Å². The van der Waals surface area contributed by atoms with Gasteiger partial charge in [0.1, 0.15) is 5.75 Å². The molecule has 0 aromatic heterocycles. The van der Waals surface area contributed by atoms with Gasteiger partial charge < -0.3 is 15.0 Å². The first-order chi connectivity index (χ1) is 10.6. The highest BCUT2D eigenvalue weighted by atomic mass is 16.5. The second kappa shape index (κ2) is 6.08. The molecule has 3 rings (SSSR count). The van der Waals surface area contributed by atoms with Gasteiger partial charge in [0.05, 0.1) is 11.7 Å². The monoisotopic (exact) mass is 302 g/mol. The predicted octanol–water partition coefficient (Wildman–Crippen LogP) is 2.00. The van der Waals surface area contributed by atoms with Crippen molar-refractivity contribution in [2.45, 2.75) is 32.7 Å². The number of ether oxygens (including phenoxy) is 1. The first-order valence-corrected chi connectivity index (χ1v) is 7.91. The van der Waals surface area contributed by atoms with E-state index in [9.17, 15) is 9.59 Å². The lowest BCUT2D eigenvalue weighted by atomic mass is 10.0. The number of nitrogens with zero attached hydrogens (tertiary/aromatic N) is 1. The summed E-state index contributed by atoms with van der Waals surface area (Å²) in [6.07, 6.45) is 1.91. The molecule has 0 bridgehead atoms. The molecular weight excluding hydrogens is 280 g/mol. The average Bonchev–Trinajstić information content (AvgIpc) is 3.03. The van der Waals surface area contributed by atoms with Crippen LogP contribution in [0.25, 0.3) is 0 Å². The van der Waals surface area contributed by atoms with Crippen molar-refractivity contribution in [3.05, 3.63) is 23.8 Å². The number of Topliss-reactive ketones (excluding diaryl/α,β-unsaturated/α-hetero) is 1. The number of rotatable bonds is 4. The van der Waals surface area contributed by atoms with Gasteiger partial charge in [-0.05, 0) is 43.5 Å². The van der Waals surface area contributed by atoms with Crippen LogP contribution in [0.5, 0.6) is 5.75 Å². The molecule has 2 aliphatic rings. The van der Waals surface area contributed by atoms with Crippen LogP contribution >= 0.6 is 0 Å². The number of nitrogens with one attached hydrogen (secondary N) is 1. The second-order valence-electron chi connectivity index (χ2n) is 6.38. The van der Waals surface area contributed by atoms with Crippen LogP contribution in [0.4, 0.5) is 5.69 Å². The number of carbonyl (C=O) groups excluding carboxylic acids is 2. The quantitative estimate of drug-likeness (QED) is 0.864. The molecule has 1 fully saturated rings. The molecule has 0 saturated carbocycles. The molecule has 5 nitrogen and oxygen atoms in total. The van der Waals surface area contributed by atoms with E-state index in [4.69, 9.17) is 4.74 Å². The zero-order valence-corrected chi connectivity index (χ0v) is 13.1. The lowest BCUT2D eigenvalue weighted by molar-refractivity contribution is -0.121. The summed E-state index contributed by atoms with van der Waals surface area (Å²) in [6.45, 7) is 5.73.